The van der Waals surface area contributed by atoms with Crippen LogP contribution in [0.2, 0.25) is 5.02 Å². The number of aliphatic hydroxyl groups is 1. The number of phenolic OH excluding ortho intramolecular Hbond substituents is 1. The van der Waals surface area contributed by atoms with Crippen LogP contribution in [0.4, 0.5) is 0 Å². The fourth-order valence-electron chi connectivity index (χ4n) is 3.85. The lowest BCUT2D eigenvalue weighted by molar-refractivity contribution is -0.129. The topological polar surface area (TPSA) is 88.0 Å². The van der Waals surface area contributed by atoms with Gasteiger partial charge in [-0.25, -0.2) is 0 Å². The lowest BCUT2D eigenvalue weighted by atomic mass is 9.81. The standard InChI is InChI=1S/C22H26ClNO5/c1-22(24-20(26)9-10-25)12-18(14-5-3-6-15(23)11-14)29-19(13-22)16-7-4-8-17(28-2)21(16)27/h3-8,11,18-19,25,27H,9-10,12-13H2,1-2H3,(H,24,26)/t18-,19+,22-/m0/s1. The van der Waals surface area contributed by atoms with Crippen molar-refractivity contribution < 1.29 is 24.5 Å². The Morgan fingerprint density at radius 3 is 2.69 bits per heavy atom. The number of aromatic hydroxyl groups is 1. The van der Waals surface area contributed by atoms with Crippen LogP contribution in [0, 0.1) is 0 Å². The summed E-state index contributed by atoms with van der Waals surface area (Å²) in [5.74, 6) is 0.160. The molecule has 29 heavy (non-hydrogen) atoms. The average Bonchev–Trinajstić information content (AvgIpc) is 2.67. The largest absolute Gasteiger partial charge is 0.504 e. The zero-order valence-electron chi connectivity index (χ0n) is 16.5. The molecule has 1 aliphatic rings. The molecule has 1 heterocycles. The van der Waals surface area contributed by atoms with Gasteiger partial charge in [0.25, 0.3) is 0 Å². The number of aliphatic hydroxyl groups excluding tert-OH is 1. The number of phenols is 1. The van der Waals surface area contributed by atoms with E-state index in [0.717, 1.165) is 5.56 Å². The van der Waals surface area contributed by atoms with E-state index in [1.54, 1.807) is 24.3 Å². The summed E-state index contributed by atoms with van der Waals surface area (Å²) in [4.78, 5) is 12.2. The van der Waals surface area contributed by atoms with E-state index in [2.05, 4.69) is 5.32 Å². The number of carbonyl (C=O) groups is 1. The van der Waals surface area contributed by atoms with Crippen molar-refractivity contribution in [3.05, 3.63) is 58.6 Å². The van der Waals surface area contributed by atoms with Crippen LogP contribution in [0.1, 0.15) is 49.5 Å². The van der Waals surface area contributed by atoms with Gasteiger partial charge in [-0.3, -0.25) is 4.79 Å². The Balaban J connectivity index is 1.96. The number of methoxy groups -OCH3 is 1. The molecule has 3 N–H and O–H groups in total. The molecule has 2 aromatic carbocycles. The van der Waals surface area contributed by atoms with E-state index in [9.17, 15) is 9.90 Å². The molecule has 1 fully saturated rings. The molecule has 6 nitrogen and oxygen atoms in total. The average molecular weight is 420 g/mol. The Kier molecular flexibility index (Phi) is 6.67. The minimum Gasteiger partial charge on any atom is -0.504 e. The second-order valence-electron chi connectivity index (χ2n) is 7.56. The van der Waals surface area contributed by atoms with E-state index < -0.39 is 11.6 Å². The van der Waals surface area contributed by atoms with Gasteiger partial charge in [-0.1, -0.05) is 35.9 Å². The van der Waals surface area contributed by atoms with Gasteiger partial charge in [-0.05, 0) is 30.7 Å². The monoisotopic (exact) mass is 419 g/mol. The van der Waals surface area contributed by atoms with Crippen LogP contribution in [0.5, 0.6) is 11.5 Å². The maximum absolute atomic E-state index is 12.2. The van der Waals surface area contributed by atoms with Crippen molar-refractivity contribution in [1.82, 2.24) is 5.32 Å². The molecule has 1 amide bonds. The highest BCUT2D eigenvalue weighted by atomic mass is 35.5. The summed E-state index contributed by atoms with van der Waals surface area (Å²) in [7, 11) is 1.49. The van der Waals surface area contributed by atoms with Crippen LogP contribution in [0.25, 0.3) is 0 Å². The molecule has 1 saturated heterocycles. The molecule has 0 aliphatic carbocycles. The van der Waals surface area contributed by atoms with Crippen molar-refractivity contribution in [2.24, 2.45) is 0 Å². The minimum absolute atomic E-state index is 0.0239. The summed E-state index contributed by atoms with van der Waals surface area (Å²) in [5.41, 5.74) is 0.892. The molecule has 0 radical (unpaired) electrons. The maximum atomic E-state index is 12.2. The molecule has 7 heteroatoms. The molecule has 0 unspecified atom stereocenters. The molecular weight excluding hydrogens is 394 g/mol. The summed E-state index contributed by atoms with van der Waals surface area (Å²) < 4.78 is 11.6. The Hall–Kier alpha value is -2.28. The number of hydrogen-bond donors (Lipinski definition) is 3. The number of nitrogens with one attached hydrogen (secondary N) is 1. The number of rotatable bonds is 6. The summed E-state index contributed by atoms with van der Waals surface area (Å²) in [6.07, 6.45) is 0.223. The van der Waals surface area contributed by atoms with Crippen molar-refractivity contribution in [2.75, 3.05) is 13.7 Å². The lowest BCUT2D eigenvalue weighted by Crippen LogP contribution is -2.51. The quantitative estimate of drug-likeness (QED) is 0.660. The Morgan fingerprint density at radius 1 is 1.28 bits per heavy atom. The third-order valence-corrected chi connectivity index (χ3v) is 5.43. The van der Waals surface area contributed by atoms with Gasteiger partial charge in [0.1, 0.15) is 0 Å². The van der Waals surface area contributed by atoms with Crippen LogP contribution in [-0.4, -0.2) is 35.4 Å². The SMILES string of the molecule is COc1cccc([C@H]2C[C@@](C)(NC(=O)CCO)C[C@@H](c3cccc(Cl)c3)O2)c1O. The predicted octanol–water partition coefficient (Wildman–Crippen LogP) is 3.90. The number of halogens is 1. The number of ether oxygens (including phenoxy) is 2. The van der Waals surface area contributed by atoms with Crippen molar-refractivity contribution in [1.29, 1.82) is 0 Å². The predicted molar refractivity (Wildman–Crippen MR) is 110 cm³/mol. The summed E-state index contributed by atoms with van der Waals surface area (Å²) in [6, 6.07) is 12.7. The van der Waals surface area contributed by atoms with Crippen LogP contribution in [0.3, 0.4) is 0 Å². The van der Waals surface area contributed by atoms with Crippen molar-refractivity contribution in [3.63, 3.8) is 0 Å². The van der Waals surface area contributed by atoms with Gasteiger partial charge in [0.2, 0.25) is 5.91 Å². The van der Waals surface area contributed by atoms with Crippen molar-refractivity contribution >= 4 is 17.5 Å². The Labute approximate surface area is 175 Å². The first-order valence-corrected chi connectivity index (χ1v) is 9.91. The number of carbonyl (C=O) groups excluding carboxylic acids is 1. The van der Waals surface area contributed by atoms with Gasteiger partial charge in [0.05, 0.1) is 25.9 Å². The van der Waals surface area contributed by atoms with Crippen molar-refractivity contribution in [2.45, 2.75) is 43.9 Å². The van der Waals surface area contributed by atoms with E-state index in [1.165, 1.54) is 7.11 Å². The normalized spacial score (nSPS) is 24.1. The van der Waals surface area contributed by atoms with Gasteiger partial charge >= 0.3 is 0 Å². The van der Waals surface area contributed by atoms with E-state index in [4.69, 9.17) is 26.2 Å². The number of hydrogen-bond acceptors (Lipinski definition) is 5. The lowest BCUT2D eigenvalue weighted by Gasteiger charge is -2.43. The summed E-state index contributed by atoms with van der Waals surface area (Å²) >= 11 is 6.17. The minimum atomic E-state index is -0.600. The molecule has 1 aliphatic heterocycles. The maximum Gasteiger partial charge on any atom is 0.222 e. The van der Waals surface area contributed by atoms with Crippen LogP contribution in [-0.2, 0) is 9.53 Å². The molecule has 156 valence electrons. The van der Waals surface area contributed by atoms with Gasteiger partial charge in [0.15, 0.2) is 11.5 Å². The highest BCUT2D eigenvalue weighted by Gasteiger charge is 2.41. The van der Waals surface area contributed by atoms with E-state index in [0.29, 0.717) is 29.2 Å². The number of para-hydroxylation sites is 1. The van der Waals surface area contributed by atoms with Gasteiger partial charge in [0, 0.05) is 35.4 Å². The summed E-state index contributed by atoms with van der Waals surface area (Å²) in [5, 5.41) is 23.4. The third-order valence-electron chi connectivity index (χ3n) is 5.20. The zero-order valence-corrected chi connectivity index (χ0v) is 17.3. The molecule has 0 saturated carbocycles. The Morgan fingerprint density at radius 2 is 2.00 bits per heavy atom. The molecule has 3 atom stereocenters. The number of amides is 1. The fraction of sp³-hybridized carbons (Fsp3) is 0.409. The van der Waals surface area contributed by atoms with Crippen LogP contribution >= 0.6 is 11.6 Å². The highest BCUT2D eigenvalue weighted by Crippen LogP contribution is 2.47. The third kappa shape index (κ3) is 5.01. The molecule has 0 spiro atoms. The zero-order chi connectivity index (χ0) is 21.0. The smallest absolute Gasteiger partial charge is 0.222 e. The van der Waals surface area contributed by atoms with E-state index >= 15 is 0 Å². The van der Waals surface area contributed by atoms with E-state index in [-0.39, 0.29) is 30.8 Å². The van der Waals surface area contributed by atoms with Crippen LogP contribution in [0.15, 0.2) is 42.5 Å². The molecular formula is C22H26ClNO5. The Bertz CT molecular complexity index is 874. The highest BCUT2D eigenvalue weighted by molar-refractivity contribution is 6.30. The van der Waals surface area contributed by atoms with Gasteiger partial charge in [-0.2, -0.15) is 0 Å². The second-order valence-corrected chi connectivity index (χ2v) is 7.99. The fourth-order valence-corrected chi connectivity index (χ4v) is 4.05. The number of benzene rings is 2. The van der Waals surface area contributed by atoms with E-state index in [1.807, 2.05) is 25.1 Å². The van der Waals surface area contributed by atoms with Gasteiger partial charge in [-0.15, -0.1) is 0 Å². The van der Waals surface area contributed by atoms with Gasteiger partial charge < -0.3 is 25.0 Å². The first-order valence-electron chi connectivity index (χ1n) is 9.54. The second kappa shape index (κ2) is 9.03. The first kappa shape index (κ1) is 21.4. The molecule has 0 aromatic heterocycles. The summed E-state index contributed by atoms with van der Waals surface area (Å²) in [6.45, 7) is 1.74. The van der Waals surface area contributed by atoms with Crippen LogP contribution < -0.4 is 10.1 Å². The van der Waals surface area contributed by atoms with Crippen molar-refractivity contribution in [3.8, 4) is 11.5 Å². The first-order chi connectivity index (χ1) is 13.8. The molecule has 2 aromatic rings. The molecule has 3 rings (SSSR count). The molecule has 0 bridgehead atoms.